The monoisotopic (exact) mass is 285 g/mol. The van der Waals surface area contributed by atoms with Crippen LogP contribution in [0.5, 0.6) is 0 Å². The largest absolute Gasteiger partial charge is 0.462 e. The molecule has 0 spiro atoms. The minimum Gasteiger partial charge on any atom is -0.462 e. The van der Waals surface area contributed by atoms with Crippen molar-refractivity contribution < 1.29 is 27.2 Å². The molecule has 4 nitrogen and oxygen atoms in total. The van der Waals surface area contributed by atoms with Crippen LogP contribution in [0.25, 0.3) is 11.3 Å². The third-order valence-electron chi connectivity index (χ3n) is 2.62. The number of esters is 1. The molecule has 7 heteroatoms. The Bertz CT molecular complexity index is 667. The van der Waals surface area contributed by atoms with E-state index in [-0.39, 0.29) is 17.9 Å². The molecule has 0 amide bonds. The zero-order chi connectivity index (χ0) is 14.9. The van der Waals surface area contributed by atoms with Gasteiger partial charge in [-0.25, -0.2) is 18.0 Å². The fraction of sp³-hybridized carbons (Fsp3) is 0.231. The van der Waals surface area contributed by atoms with Crippen LogP contribution >= 0.6 is 0 Å². The minimum absolute atomic E-state index is 0.0292. The highest BCUT2D eigenvalue weighted by molar-refractivity contribution is 5.97. The second-order valence-electron chi connectivity index (χ2n) is 3.90. The highest BCUT2D eigenvalue weighted by atomic mass is 19.2. The Morgan fingerprint density at radius 2 is 1.95 bits per heavy atom. The number of carbonyl (C=O) groups is 1. The highest BCUT2D eigenvalue weighted by Crippen LogP contribution is 2.31. The van der Waals surface area contributed by atoms with Gasteiger partial charge in [-0.2, -0.15) is 0 Å². The molecule has 1 aromatic heterocycles. The van der Waals surface area contributed by atoms with E-state index in [2.05, 4.69) is 5.16 Å². The van der Waals surface area contributed by atoms with Crippen LogP contribution in [0.2, 0.25) is 0 Å². The first-order chi connectivity index (χ1) is 9.47. The molecular weight excluding hydrogens is 275 g/mol. The van der Waals surface area contributed by atoms with E-state index in [1.807, 2.05) is 0 Å². The van der Waals surface area contributed by atoms with Crippen LogP contribution in [0.4, 0.5) is 13.2 Å². The van der Waals surface area contributed by atoms with Gasteiger partial charge in [-0.05, 0) is 26.0 Å². The zero-order valence-electron chi connectivity index (χ0n) is 10.7. The van der Waals surface area contributed by atoms with E-state index >= 15 is 0 Å². The quantitative estimate of drug-likeness (QED) is 0.641. The Hall–Kier alpha value is -2.31. The Morgan fingerprint density at radius 1 is 1.30 bits per heavy atom. The van der Waals surface area contributed by atoms with Gasteiger partial charge in [-0.1, -0.05) is 5.16 Å². The molecule has 0 bridgehead atoms. The van der Waals surface area contributed by atoms with Crippen LogP contribution in [0, 0.1) is 24.4 Å². The Kier molecular flexibility index (Phi) is 3.78. The Morgan fingerprint density at radius 3 is 2.60 bits per heavy atom. The van der Waals surface area contributed by atoms with E-state index in [4.69, 9.17) is 9.26 Å². The summed E-state index contributed by atoms with van der Waals surface area (Å²) < 4.78 is 50.2. The molecule has 2 aromatic rings. The van der Waals surface area contributed by atoms with Gasteiger partial charge >= 0.3 is 5.97 Å². The van der Waals surface area contributed by atoms with E-state index < -0.39 is 34.7 Å². The summed E-state index contributed by atoms with van der Waals surface area (Å²) in [5, 5.41) is 3.43. The number of nitrogens with zero attached hydrogens (tertiary/aromatic N) is 1. The molecule has 0 atom stereocenters. The van der Waals surface area contributed by atoms with Gasteiger partial charge in [0.05, 0.1) is 12.2 Å². The molecule has 2 rings (SSSR count). The fourth-order valence-electron chi connectivity index (χ4n) is 1.73. The zero-order valence-corrected chi connectivity index (χ0v) is 10.7. The Labute approximate surface area is 112 Å². The van der Waals surface area contributed by atoms with Crippen molar-refractivity contribution in [2.45, 2.75) is 13.8 Å². The van der Waals surface area contributed by atoms with Crippen LogP contribution in [-0.4, -0.2) is 17.7 Å². The molecule has 1 aromatic carbocycles. The number of aromatic nitrogens is 1. The summed E-state index contributed by atoms with van der Waals surface area (Å²) in [6.45, 7) is 3.03. The van der Waals surface area contributed by atoms with E-state index in [9.17, 15) is 18.0 Å². The number of carbonyl (C=O) groups excluding carboxylic acids is 1. The fourth-order valence-corrected chi connectivity index (χ4v) is 1.73. The van der Waals surface area contributed by atoms with Crippen molar-refractivity contribution in [3.8, 4) is 11.3 Å². The van der Waals surface area contributed by atoms with Crippen molar-refractivity contribution in [1.29, 1.82) is 0 Å². The molecule has 0 N–H and O–H groups in total. The predicted octanol–water partition coefficient (Wildman–Crippen LogP) is 3.24. The second-order valence-corrected chi connectivity index (χ2v) is 3.90. The smallest absolute Gasteiger partial charge is 0.344 e. The lowest BCUT2D eigenvalue weighted by Crippen LogP contribution is -2.08. The van der Waals surface area contributed by atoms with Crippen LogP contribution < -0.4 is 0 Å². The van der Waals surface area contributed by atoms with Gasteiger partial charge in [0.25, 0.3) is 0 Å². The Balaban J connectivity index is 2.66. The van der Waals surface area contributed by atoms with Crippen LogP contribution in [0.1, 0.15) is 23.0 Å². The van der Waals surface area contributed by atoms with Crippen molar-refractivity contribution in [3.63, 3.8) is 0 Å². The third kappa shape index (κ3) is 2.26. The summed E-state index contributed by atoms with van der Waals surface area (Å²) in [5.74, 6) is -4.56. The van der Waals surface area contributed by atoms with Gasteiger partial charge in [0, 0.05) is 0 Å². The lowest BCUT2D eigenvalue weighted by atomic mass is 10.0. The third-order valence-corrected chi connectivity index (χ3v) is 2.62. The lowest BCUT2D eigenvalue weighted by Gasteiger charge is -2.05. The molecule has 20 heavy (non-hydrogen) atoms. The number of aryl methyl sites for hydroxylation is 1. The SMILES string of the molecule is CCOC(=O)c1c(-c2c(F)ccc(F)c2F)noc1C. The van der Waals surface area contributed by atoms with E-state index in [0.717, 1.165) is 6.07 Å². The van der Waals surface area contributed by atoms with Crippen molar-refractivity contribution in [2.24, 2.45) is 0 Å². The van der Waals surface area contributed by atoms with E-state index in [1.165, 1.54) is 6.92 Å². The predicted molar refractivity (Wildman–Crippen MR) is 62.5 cm³/mol. The number of halogens is 3. The summed E-state index contributed by atoms with van der Waals surface area (Å²) in [5.41, 5.74) is -1.41. The highest BCUT2D eigenvalue weighted by Gasteiger charge is 2.28. The molecule has 0 saturated carbocycles. The molecule has 0 radical (unpaired) electrons. The summed E-state index contributed by atoms with van der Waals surface area (Å²) in [7, 11) is 0. The molecular formula is C13H10F3NO3. The van der Waals surface area contributed by atoms with Gasteiger partial charge < -0.3 is 9.26 Å². The average Bonchev–Trinajstić information content (AvgIpc) is 2.77. The second kappa shape index (κ2) is 5.36. The molecule has 1 heterocycles. The first kappa shape index (κ1) is 14.1. The van der Waals surface area contributed by atoms with Gasteiger partial charge in [0.2, 0.25) is 0 Å². The maximum Gasteiger partial charge on any atom is 0.344 e. The van der Waals surface area contributed by atoms with E-state index in [1.54, 1.807) is 6.92 Å². The number of ether oxygens (including phenoxy) is 1. The summed E-state index contributed by atoms with van der Waals surface area (Å²) in [4.78, 5) is 11.8. The van der Waals surface area contributed by atoms with Gasteiger partial charge in [-0.3, -0.25) is 0 Å². The number of rotatable bonds is 3. The summed E-state index contributed by atoms with van der Waals surface area (Å²) in [6, 6.07) is 1.39. The number of hydrogen-bond acceptors (Lipinski definition) is 4. The van der Waals surface area contributed by atoms with Gasteiger partial charge in [-0.15, -0.1) is 0 Å². The normalized spacial score (nSPS) is 10.7. The van der Waals surface area contributed by atoms with Crippen molar-refractivity contribution in [2.75, 3.05) is 6.61 Å². The summed E-state index contributed by atoms with van der Waals surface area (Å²) in [6.07, 6.45) is 0. The van der Waals surface area contributed by atoms with Crippen LogP contribution in [0.3, 0.4) is 0 Å². The lowest BCUT2D eigenvalue weighted by molar-refractivity contribution is 0.0525. The van der Waals surface area contributed by atoms with Gasteiger partial charge in [0.15, 0.2) is 11.6 Å². The molecule has 0 aliphatic rings. The molecule has 0 aliphatic carbocycles. The molecule has 106 valence electrons. The molecule has 0 fully saturated rings. The van der Waals surface area contributed by atoms with Crippen LogP contribution in [0.15, 0.2) is 16.7 Å². The van der Waals surface area contributed by atoms with Crippen molar-refractivity contribution >= 4 is 5.97 Å². The topological polar surface area (TPSA) is 52.3 Å². The molecule has 0 unspecified atom stereocenters. The first-order valence-electron chi connectivity index (χ1n) is 5.74. The van der Waals surface area contributed by atoms with Crippen LogP contribution in [-0.2, 0) is 4.74 Å². The maximum absolute atomic E-state index is 13.7. The maximum atomic E-state index is 13.7. The van der Waals surface area contributed by atoms with Crippen molar-refractivity contribution in [1.82, 2.24) is 5.16 Å². The van der Waals surface area contributed by atoms with Gasteiger partial charge in [0.1, 0.15) is 22.8 Å². The first-order valence-corrected chi connectivity index (χ1v) is 5.74. The number of benzene rings is 1. The summed E-state index contributed by atoms with van der Waals surface area (Å²) >= 11 is 0. The minimum atomic E-state index is -1.44. The van der Waals surface area contributed by atoms with E-state index in [0.29, 0.717) is 6.07 Å². The average molecular weight is 285 g/mol. The molecule has 0 aliphatic heterocycles. The standard InChI is InChI=1S/C13H10F3NO3/c1-3-19-13(18)9-6(2)20-17-12(9)10-7(14)4-5-8(15)11(10)16/h4-5H,3H2,1-2H3. The van der Waals surface area contributed by atoms with Crippen molar-refractivity contribution in [3.05, 3.63) is 40.9 Å². The molecule has 0 saturated heterocycles. The number of hydrogen-bond donors (Lipinski definition) is 0.